The fourth-order valence-corrected chi connectivity index (χ4v) is 2.35. The van der Waals surface area contributed by atoms with Crippen LogP contribution in [0.5, 0.6) is 0 Å². The number of aromatic nitrogens is 2. The fourth-order valence-electron chi connectivity index (χ4n) is 2.19. The lowest BCUT2D eigenvalue weighted by atomic mass is 10.0. The number of hydrogen-bond acceptors (Lipinski definition) is 5. The highest BCUT2D eigenvalue weighted by atomic mass is 35.5. The summed E-state index contributed by atoms with van der Waals surface area (Å²) in [7, 11) is 1.13. The van der Waals surface area contributed by atoms with E-state index in [0.717, 1.165) is 25.4 Å². The van der Waals surface area contributed by atoms with Gasteiger partial charge in [-0.3, -0.25) is 4.98 Å². The van der Waals surface area contributed by atoms with Crippen molar-refractivity contribution in [1.82, 2.24) is 9.97 Å². The Morgan fingerprint density at radius 1 is 1.30 bits per heavy atom. The highest BCUT2D eigenvalue weighted by molar-refractivity contribution is 6.31. The molecule has 0 saturated carbocycles. The largest absolute Gasteiger partial charge is 0.464 e. The van der Waals surface area contributed by atoms with E-state index in [9.17, 15) is 18.0 Å². The molecule has 0 radical (unpaired) electrons. The maximum absolute atomic E-state index is 14.5. The van der Waals surface area contributed by atoms with Gasteiger partial charge in [0.05, 0.1) is 41.9 Å². The van der Waals surface area contributed by atoms with Gasteiger partial charge in [0.25, 0.3) is 6.43 Å². The topological polar surface area (TPSA) is 61.3 Å². The summed E-state index contributed by atoms with van der Waals surface area (Å²) in [5.41, 5.74) is -2.01. The summed E-state index contributed by atoms with van der Waals surface area (Å²) in [6.07, 6.45) is -1.88. The van der Waals surface area contributed by atoms with E-state index in [1.807, 2.05) is 20.8 Å². The van der Waals surface area contributed by atoms with Crippen LogP contribution >= 0.6 is 11.6 Å². The van der Waals surface area contributed by atoms with E-state index in [2.05, 4.69) is 14.7 Å². The molecule has 27 heavy (non-hydrogen) atoms. The van der Waals surface area contributed by atoms with Crippen LogP contribution in [-0.4, -0.2) is 28.6 Å². The maximum atomic E-state index is 14.5. The van der Waals surface area contributed by atoms with E-state index in [0.29, 0.717) is 0 Å². The van der Waals surface area contributed by atoms with Crippen LogP contribution in [0.2, 0.25) is 5.02 Å². The molecule has 2 aromatic rings. The minimum atomic E-state index is -2.97. The smallest absolute Gasteiger partial charge is 0.358 e. The van der Waals surface area contributed by atoms with Gasteiger partial charge in [-0.2, -0.15) is 0 Å². The molecule has 0 aliphatic carbocycles. The van der Waals surface area contributed by atoms with E-state index in [1.165, 1.54) is 0 Å². The highest BCUT2D eigenvalue weighted by Gasteiger charge is 2.25. The molecule has 0 N–H and O–H groups in total. The minimum Gasteiger partial charge on any atom is -0.464 e. The van der Waals surface area contributed by atoms with Crippen molar-refractivity contribution in [2.75, 3.05) is 7.11 Å². The zero-order valence-electron chi connectivity index (χ0n) is 15.1. The molecule has 0 bridgehead atoms. The van der Waals surface area contributed by atoms with Gasteiger partial charge < -0.3 is 9.47 Å². The predicted molar refractivity (Wildman–Crippen MR) is 93.3 cm³/mol. The quantitative estimate of drug-likeness (QED) is 0.660. The molecule has 2 rings (SSSR count). The minimum absolute atomic E-state index is 0.0685. The first-order chi connectivity index (χ1) is 12.5. The Labute approximate surface area is 159 Å². The van der Waals surface area contributed by atoms with Crippen LogP contribution in [0.3, 0.4) is 0 Å². The number of nitrogens with zero attached hydrogens (tertiary/aromatic N) is 2. The number of esters is 1. The summed E-state index contributed by atoms with van der Waals surface area (Å²) in [5, 5.41) is -0.351. The molecule has 0 aliphatic heterocycles. The molecule has 0 spiro atoms. The summed E-state index contributed by atoms with van der Waals surface area (Å²) in [6.45, 7) is 5.36. The van der Waals surface area contributed by atoms with Crippen LogP contribution in [-0.2, 0) is 16.1 Å². The third kappa shape index (κ3) is 4.95. The average Bonchev–Trinajstić information content (AvgIpc) is 2.60. The van der Waals surface area contributed by atoms with Crippen molar-refractivity contribution in [3.8, 4) is 11.3 Å². The molecular formula is C18H18ClF3N2O3. The Morgan fingerprint density at radius 2 is 1.96 bits per heavy atom. The molecule has 0 unspecified atom stereocenters. The van der Waals surface area contributed by atoms with E-state index in [1.54, 1.807) is 0 Å². The fraction of sp³-hybridized carbons (Fsp3) is 0.389. The summed E-state index contributed by atoms with van der Waals surface area (Å²) in [6, 6.07) is 2.03. The van der Waals surface area contributed by atoms with Gasteiger partial charge in [0.15, 0.2) is 11.5 Å². The van der Waals surface area contributed by atoms with Gasteiger partial charge >= 0.3 is 5.97 Å². The number of ether oxygens (including phenoxy) is 2. The molecule has 0 saturated heterocycles. The van der Waals surface area contributed by atoms with Crippen LogP contribution < -0.4 is 0 Å². The van der Waals surface area contributed by atoms with Crippen molar-refractivity contribution in [2.24, 2.45) is 0 Å². The van der Waals surface area contributed by atoms with Crippen LogP contribution in [0, 0.1) is 5.82 Å². The van der Waals surface area contributed by atoms with Gasteiger partial charge in [0, 0.05) is 11.1 Å². The number of carbonyl (C=O) groups is 1. The van der Waals surface area contributed by atoms with Crippen molar-refractivity contribution in [2.45, 2.75) is 39.4 Å². The van der Waals surface area contributed by atoms with Crippen LogP contribution in [0.1, 0.15) is 48.9 Å². The van der Waals surface area contributed by atoms with Crippen molar-refractivity contribution in [1.29, 1.82) is 0 Å². The molecule has 1 aromatic carbocycles. The Kier molecular flexibility index (Phi) is 6.43. The Bertz CT molecular complexity index is 854. The van der Waals surface area contributed by atoms with Crippen LogP contribution in [0.15, 0.2) is 18.3 Å². The molecule has 5 nitrogen and oxygen atoms in total. The molecule has 0 amide bonds. The normalized spacial score (nSPS) is 11.7. The number of alkyl halides is 2. The number of hydrogen-bond donors (Lipinski definition) is 0. The van der Waals surface area contributed by atoms with E-state index < -0.39 is 34.9 Å². The van der Waals surface area contributed by atoms with Gasteiger partial charge in [-0.1, -0.05) is 17.7 Å². The Hall–Kier alpha value is -2.19. The second-order valence-electron chi connectivity index (χ2n) is 6.57. The zero-order chi connectivity index (χ0) is 20.4. The maximum Gasteiger partial charge on any atom is 0.358 e. The molecule has 1 aromatic heterocycles. The first-order valence-corrected chi connectivity index (χ1v) is 8.27. The average molecular weight is 403 g/mol. The van der Waals surface area contributed by atoms with Gasteiger partial charge in [0.1, 0.15) is 0 Å². The summed E-state index contributed by atoms with van der Waals surface area (Å²) < 4.78 is 51.3. The van der Waals surface area contributed by atoms with Gasteiger partial charge in [0.2, 0.25) is 0 Å². The molecule has 0 aliphatic rings. The summed E-state index contributed by atoms with van der Waals surface area (Å²) in [5.74, 6) is -1.92. The lowest BCUT2D eigenvalue weighted by Gasteiger charge is -2.20. The highest BCUT2D eigenvalue weighted by Crippen LogP contribution is 2.35. The first kappa shape index (κ1) is 21.1. The number of halogens is 4. The van der Waals surface area contributed by atoms with E-state index in [4.69, 9.17) is 16.3 Å². The molecule has 9 heteroatoms. The first-order valence-electron chi connectivity index (χ1n) is 7.89. The van der Waals surface area contributed by atoms with Crippen LogP contribution in [0.4, 0.5) is 13.2 Å². The molecule has 0 atom stereocenters. The second kappa shape index (κ2) is 8.22. The van der Waals surface area contributed by atoms with Gasteiger partial charge in [-0.15, -0.1) is 0 Å². The summed E-state index contributed by atoms with van der Waals surface area (Å²) >= 11 is 5.72. The molecule has 1 heterocycles. The van der Waals surface area contributed by atoms with Crippen molar-refractivity contribution < 1.29 is 27.4 Å². The van der Waals surface area contributed by atoms with Gasteiger partial charge in [-0.25, -0.2) is 22.9 Å². The molecule has 146 valence electrons. The Balaban J connectivity index is 2.61. The molecule has 0 fully saturated rings. The number of rotatable bonds is 5. The van der Waals surface area contributed by atoms with Gasteiger partial charge in [-0.05, 0) is 26.8 Å². The third-order valence-electron chi connectivity index (χ3n) is 3.49. The van der Waals surface area contributed by atoms with Crippen molar-refractivity contribution in [3.05, 3.63) is 46.1 Å². The lowest BCUT2D eigenvalue weighted by molar-refractivity contribution is -0.0172. The number of methoxy groups -OCH3 is 1. The Morgan fingerprint density at radius 3 is 2.52 bits per heavy atom. The third-order valence-corrected chi connectivity index (χ3v) is 3.78. The predicted octanol–water partition coefficient (Wildman–Crippen LogP) is 4.98. The molecular weight excluding hydrogens is 385 g/mol. The standard InChI is InChI=1S/C18H18ClF3N2O3/c1-18(2,3)27-8-12-15(17(25)26-4)24-11(7-23-12)13-9(16(21)22)5-6-10(19)14(13)20/h5-7,16H,8H2,1-4H3. The number of benzene rings is 1. The second-order valence-corrected chi connectivity index (χ2v) is 6.98. The van der Waals surface area contributed by atoms with Crippen molar-refractivity contribution in [3.63, 3.8) is 0 Å². The lowest BCUT2D eigenvalue weighted by Crippen LogP contribution is -2.21. The van der Waals surface area contributed by atoms with Crippen LogP contribution in [0.25, 0.3) is 11.3 Å². The SMILES string of the molecule is COC(=O)c1nc(-c2c(C(F)F)ccc(Cl)c2F)cnc1COC(C)(C)C. The van der Waals surface area contributed by atoms with Crippen molar-refractivity contribution >= 4 is 17.6 Å². The van der Waals surface area contributed by atoms with E-state index >= 15 is 0 Å². The zero-order valence-corrected chi connectivity index (χ0v) is 15.9. The number of carbonyl (C=O) groups excluding carboxylic acids is 1. The van der Waals surface area contributed by atoms with E-state index in [-0.39, 0.29) is 28.7 Å². The monoisotopic (exact) mass is 402 g/mol. The summed E-state index contributed by atoms with van der Waals surface area (Å²) in [4.78, 5) is 20.1.